The highest BCUT2D eigenvalue weighted by Gasteiger charge is 1.93. The predicted octanol–water partition coefficient (Wildman–Crippen LogP) is -0.123. The average molecular weight is 194 g/mol. The number of nitrogens with zero attached hydrogens (tertiary/aromatic N) is 1. The molecule has 0 saturated carbocycles. The molecule has 0 aliphatic heterocycles. The standard InChI is InChI=1S/C6H15N5.ClH/c1-3-4-10-6(9-2)11-5(7)8;/h3-4H2,1-2H3,(H5,7,8,9,10,11);1H. The summed E-state index contributed by atoms with van der Waals surface area (Å²) >= 11 is 0. The van der Waals surface area contributed by atoms with Crippen molar-refractivity contribution in [2.45, 2.75) is 13.3 Å². The highest BCUT2D eigenvalue weighted by atomic mass is 35.5. The van der Waals surface area contributed by atoms with Crippen LogP contribution in [-0.4, -0.2) is 25.5 Å². The van der Waals surface area contributed by atoms with Gasteiger partial charge < -0.3 is 11.1 Å². The highest BCUT2D eigenvalue weighted by molar-refractivity contribution is 5.96. The van der Waals surface area contributed by atoms with Gasteiger partial charge in [0.05, 0.1) is 0 Å². The van der Waals surface area contributed by atoms with Crippen molar-refractivity contribution in [2.75, 3.05) is 13.6 Å². The van der Waals surface area contributed by atoms with Gasteiger partial charge in [-0.2, -0.15) is 0 Å². The minimum atomic E-state index is -0.103. The lowest BCUT2D eigenvalue weighted by Crippen LogP contribution is -2.42. The highest BCUT2D eigenvalue weighted by Crippen LogP contribution is 1.76. The fourth-order valence-electron chi connectivity index (χ4n) is 0.532. The number of hydrogen-bond donors (Lipinski definition) is 4. The van der Waals surface area contributed by atoms with E-state index in [0.29, 0.717) is 5.96 Å². The number of halogens is 1. The Morgan fingerprint density at radius 1 is 1.58 bits per heavy atom. The Morgan fingerprint density at radius 3 is 2.50 bits per heavy atom. The Balaban J connectivity index is 0. The molecular weight excluding hydrogens is 178 g/mol. The molecule has 72 valence electrons. The fourth-order valence-corrected chi connectivity index (χ4v) is 0.532. The van der Waals surface area contributed by atoms with Crippen LogP contribution in [0.4, 0.5) is 0 Å². The van der Waals surface area contributed by atoms with Crippen molar-refractivity contribution in [1.29, 1.82) is 5.41 Å². The van der Waals surface area contributed by atoms with Crippen molar-refractivity contribution < 1.29 is 0 Å². The van der Waals surface area contributed by atoms with Crippen molar-refractivity contribution in [1.82, 2.24) is 10.6 Å². The van der Waals surface area contributed by atoms with Gasteiger partial charge in [-0.25, -0.2) is 0 Å². The second-order valence-electron chi connectivity index (χ2n) is 2.02. The topological polar surface area (TPSA) is 86.3 Å². The third-order valence-electron chi connectivity index (χ3n) is 0.983. The maximum Gasteiger partial charge on any atom is 0.197 e. The molecule has 0 bridgehead atoms. The third kappa shape index (κ3) is 7.14. The van der Waals surface area contributed by atoms with Gasteiger partial charge in [0.25, 0.3) is 0 Å². The molecule has 0 aromatic rings. The van der Waals surface area contributed by atoms with Crippen LogP contribution < -0.4 is 16.4 Å². The van der Waals surface area contributed by atoms with E-state index in [4.69, 9.17) is 11.1 Å². The van der Waals surface area contributed by atoms with E-state index in [-0.39, 0.29) is 18.4 Å². The van der Waals surface area contributed by atoms with Gasteiger partial charge in [0, 0.05) is 13.6 Å². The average Bonchev–Trinajstić information content (AvgIpc) is 1.97. The zero-order valence-corrected chi connectivity index (χ0v) is 8.16. The minimum absolute atomic E-state index is 0. The molecule has 0 rings (SSSR count). The van der Waals surface area contributed by atoms with Crippen molar-refractivity contribution in [3.05, 3.63) is 0 Å². The molecule has 0 amide bonds. The van der Waals surface area contributed by atoms with Crippen molar-refractivity contribution >= 4 is 24.3 Å². The smallest absolute Gasteiger partial charge is 0.197 e. The number of nitrogens with one attached hydrogen (secondary N) is 3. The van der Waals surface area contributed by atoms with Crippen molar-refractivity contribution in [2.24, 2.45) is 10.7 Å². The molecule has 6 heteroatoms. The summed E-state index contributed by atoms with van der Waals surface area (Å²) in [5.41, 5.74) is 5.09. The van der Waals surface area contributed by atoms with E-state index in [1.165, 1.54) is 0 Å². The van der Waals surface area contributed by atoms with Crippen LogP contribution in [0.25, 0.3) is 0 Å². The summed E-state index contributed by atoms with van der Waals surface area (Å²) in [4.78, 5) is 4.07. The summed E-state index contributed by atoms with van der Waals surface area (Å²) in [5.74, 6) is 0.438. The maximum absolute atomic E-state index is 6.91. The number of aliphatic imine (C=N–C) groups is 1. The molecule has 0 aliphatic rings. The summed E-state index contributed by atoms with van der Waals surface area (Å²) in [6.07, 6.45) is 0.977. The quantitative estimate of drug-likeness (QED) is 0.364. The first-order valence-corrected chi connectivity index (χ1v) is 3.54. The van der Waals surface area contributed by atoms with E-state index in [2.05, 4.69) is 15.6 Å². The summed E-state index contributed by atoms with van der Waals surface area (Å²) in [6.45, 7) is 2.76. The molecule has 0 saturated heterocycles. The van der Waals surface area contributed by atoms with E-state index >= 15 is 0 Å². The number of nitrogens with two attached hydrogens (primary N) is 1. The Bertz CT molecular complexity index is 156. The first-order chi connectivity index (χ1) is 5.20. The van der Waals surface area contributed by atoms with E-state index in [9.17, 15) is 0 Å². The van der Waals surface area contributed by atoms with Crippen LogP contribution in [0.1, 0.15) is 13.3 Å². The molecule has 0 aliphatic carbocycles. The van der Waals surface area contributed by atoms with Crippen LogP contribution in [0, 0.1) is 5.41 Å². The third-order valence-corrected chi connectivity index (χ3v) is 0.983. The van der Waals surface area contributed by atoms with Gasteiger partial charge in [-0.05, 0) is 6.42 Å². The molecule has 5 N–H and O–H groups in total. The van der Waals surface area contributed by atoms with Crippen LogP contribution in [0.3, 0.4) is 0 Å². The van der Waals surface area contributed by atoms with Gasteiger partial charge in [0.15, 0.2) is 11.9 Å². The van der Waals surface area contributed by atoms with Gasteiger partial charge in [0.2, 0.25) is 0 Å². The normalized spacial score (nSPS) is 10.0. The Labute approximate surface area is 78.7 Å². The molecule has 5 nitrogen and oxygen atoms in total. The molecular formula is C6H16ClN5. The lowest BCUT2D eigenvalue weighted by Gasteiger charge is -2.05. The van der Waals surface area contributed by atoms with E-state index < -0.39 is 0 Å². The van der Waals surface area contributed by atoms with Crippen LogP contribution in [-0.2, 0) is 0 Å². The number of hydrogen-bond acceptors (Lipinski definition) is 2. The molecule has 0 aromatic heterocycles. The largest absolute Gasteiger partial charge is 0.370 e. The molecule has 0 radical (unpaired) electrons. The van der Waals surface area contributed by atoms with E-state index in [1.807, 2.05) is 6.92 Å². The predicted molar refractivity (Wildman–Crippen MR) is 54.0 cm³/mol. The molecule has 12 heavy (non-hydrogen) atoms. The number of rotatable bonds is 2. The first-order valence-electron chi connectivity index (χ1n) is 3.54. The Kier molecular flexibility index (Phi) is 9.22. The maximum atomic E-state index is 6.91. The summed E-state index contributed by atoms with van der Waals surface area (Å²) < 4.78 is 0. The monoisotopic (exact) mass is 193 g/mol. The van der Waals surface area contributed by atoms with Gasteiger partial charge in [-0.3, -0.25) is 15.7 Å². The molecule has 0 atom stereocenters. The summed E-state index contributed by atoms with van der Waals surface area (Å²) in [6, 6.07) is 0. The van der Waals surface area contributed by atoms with Gasteiger partial charge in [0.1, 0.15) is 0 Å². The zero-order valence-electron chi connectivity index (χ0n) is 7.35. The Morgan fingerprint density at radius 2 is 2.17 bits per heavy atom. The van der Waals surface area contributed by atoms with Gasteiger partial charge in [-0.1, -0.05) is 6.92 Å². The van der Waals surface area contributed by atoms with E-state index in [1.54, 1.807) is 7.05 Å². The lowest BCUT2D eigenvalue weighted by molar-refractivity contribution is 0.905. The fraction of sp³-hybridized carbons (Fsp3) is 0.667. The molecule has 0 aromatic carbocycles. The minimum Gasteiger partial charge on any atom is -0.370 e. The summed E-state index contributed by atoms with van der Waals surface area (Å²) in [7, 11) is 1.73. The van der Waals surface area contributed by atoms with Crippen LogP contribution >= 0.6 is 12.4 Å². The van der Waals surface area contributed by atoms with Crippen molar-refractivity contribution in [3.8, 4) is 0 Å². The second kappa shape index (κ2) is 8.13. The SMILES string of the molecule is CCC/N=C(\NC)NC(=N)N.Cl. The zero-order chi connectivity index (χ0) is 8.69. The Hall–Kier alpha value is -0.970. The molecule has 0 unspecified atom stereocenters. The summed E-state index contributed by atoms with van der Waals surface area (Å²) in [5, 5.41) is 12.3. The van der Waals surface area contributed by atoms with Crippen LogP contribution in [0.2, 0.25) is 0 Å². The van der Waals surface area contributed by atoms with Gasteiger partial charge in [-0.15, -0.1) is 12.4 Å². The molecule has 0 spiro atoms. The van der Waals surface area contributed by atoms with Crippen LogP contribution in [0.15, 0.2) is 4.99 Å². The molecule has 0 heterocycles. The second-order valence-corrected chi connectivity index (χ2v) is 2.02. The first kappa shape index (κ1) is 13.6. The van der Waals surface area contributed by atoms with Crippen molar-refractivity contribution in [3.63, 3.8) is 0 Å². The van der Waals surface area contributed by atoms with Crippen LogP contribution in [0.5, 0.6) is 0 Å². The number of guanidine groups is 2. The molecule has 0 fully saturated rings. The van der Waals surface area contributed by atoms with Gasteiger partial charge >= 0.3 is 0 Å². The van der Waals surface area contributed by atoms with E-state index in [0.717, 1.165) is 13.0 Å². The lowest BCUT2D eigenvalue weighted by atomic mass is 10.5.